The molecule has 1 aliphatic rings. The van der Waals surface area contributed by atoms with Crippen molar-refractivity contribution < 1.29 is 4.74 Å². The summed E-state index contributed by atoms with van der Waals surface area (Å²) in [5, 5.41) is 0.646. The van der Waals surface area contributed by atoms with Crippen LogP contribution in [0.25, 0.3) is 0 Å². The van der Waals surface area contributed by atoms with Crippen molar-refractivity contribution in [1.29, 1.82) is 0 Å². The van der Waals surface area contributed by atoms with E-state index in [1.54, 1.807) is 6.20 Å². The van der Waals surface area contributed by atoms with Crippen LogP contribution >= 0.6 is 11.6 Å². The van der Waals surface area contributed by atoms with Gasteiger partial charge >= 0.3 is 0 Å². The van der Waals surface area contributed by atoms with Crippen LogP contribution in [-0.2, 0) is 0 Å². The van der Waals surface area contributed by atoms with Gasteiger partial charge in [-0.3, -0.25) is 0 Å². The molecule has 1 aromatic rings. The first-order valence-electron chi connectivity index (χ1n) is 5.78. The Balaban J connectivity index is 1.84. The van der Waals surface area contributed by atoms with Gasteiger partial charge in [0, 0.05) is 25.4 Å². The van der Waals surface area contributed by atoms with E-state index in [1.807, 2.05) is 12.1 Å². The van der Waals surface area contributed by atoms with Crippen LogP contribution < -0.4 is 4.74 Å². The Hall–Kier alpha value is -0.800. The van der Waals surface area contributed by atoms with E-state index >= 15 is 0 Å². The lowest BCUT2D eigenvalue weighted by molar-refractivity contribution is 0.0998. The van der Waals surface area contributed by atoms with Crippen molar-refractivity contribution in [3.8, 4) is 5.88 Å². The summed E-state index contributed by atoms with van der Waals surface area (Å²) in [6.45, 7) is 5.57. The van der Waals surface area contributed by atoms with Crippen molar-refractivity contribution in [1.82, 2.24) is 9.88 Å². The maximum absolute atomic E-state index is 5.81. The Morgan fingerprint density at radius 2 is 2.19 bits per heavy atom. The quantitative estimate of drug-likeness (QED) is 0.812. The lowest BCUT2D eigenvalue weighted by Gasteiger charge is -2.30. The maximum Gasteiger partial charge on any atom is 0.213 e. The van der Waals surface area contributed by atoms with Gasteiger partial charge in [0.1, 0.15) is 6.10 Å². The van der Waals surface area contributed by atoms with Crippen molar-refractivity contribution in [2.45, 2.75) is 25.9 Å². The molecule has 16 heavy (non-hydrogen) atoms. The number of aromatic nitrogens is 1. The van der Waals surface area contributed by atoms with Crippen LogP contribution in [0.5, 0.6) is 5.88 Å². The number of nitrogens with zero attached hydrogens (tertiary/aromatic N) is 2. The second-order valence-electron chi connectivity index (χ2n) is 4.07. The molecule has 4 heteroatoms. The molecular weight excluding hydrogens is 224 g/mol. The Kier molecular flexibility index (Phi) is 4.02. The van der Waals surface area contributed by atoms with Gasteiger partial charge in [0.15, 0.2) is 0 Å². The SMILES string of the molecule is CCN1CCC(Oc2ccc(Cl)cn2)CC1. The highest BCUT2D eigenvalue weighted by Gasteiger charge is 2.19. The lowest BCUT2D eigenvalue weighted by Crippen LogP contribution is -2.38. The van der Waals surface area contributed by atoms with E-state index in [0.717, 1.165) is 32.5 Å². The molecule has 1 saturated heterocycles. The molecule has 0 unspecified atom stereocenters. The molecule has 1 fully saturated rings. The van der Waals surface area contributed by atoms with Gasteiger partial charge in [0.2, 0.25) is 5.88 Å². The summed E-state index contributed by atoms with van der Waals surface area (Å²) in [7, 11) is 0. The number of pyridine rings is 1. The molecule has 0 aromatic carbocycles. The average Bonchev–Trinajstić information content (AvgIpc) is 2.33. The van der Waals surface area contributed by atoms with Crippen LogP contribution in [0.3, 0.4) is 0 Å². The van der Waals surface area contributed by atoms with E-state index in [0.29, 0.717) is 17.0 Å². The largest absolute Gasteiger partial charge is 0.474 e. The summed E-state index contributed by atoms with van der Waals surface area (Å²) in [5.74, 6) is 0.680. The molecule has 2 rings (SSSR count). The molecule has 1 aromatic heterocycles. The number of halogens is 1. The fourth-order valence-electron chi connectivity index (χ4n) is 1.95. The summed E-state index contributed by atoms with van der Waals surface area (Å²) in [4.78, 5) is 6.58. The summed E-state index contributed by atoms with van der Waals surface area (Å²) < 4.78 is 5.81. The lowest BCUT2D eigenvalue weighted by atomic mass is 10.1. The van der Waals surface area contributed by atoms with Crippen LogP contribution in [0.4, 0.5) is 0 Å². The van der Waals surface area contributed by atoms with Crippen molar-refractivity contribution in [2.24, 2.45) is 0 Å². The minimum atomic E-state index is 0.302. The van der Waals surface area contributed by atoms with Gasteiger partial charge in [-0.1, -0.05) is 18.5 Å². The minimum Gasteiger partial charge on any atom is -0.474 e. The fourth-order valence-corrected chi connectivity index (χ4v) is 2.06. The Morgan fingerprint density at radius 1 is 1.44 bits per heavy atom. The maximum atomic E-state index is 5.81. The molecule has 0 amide bonds. The van der Waals surface area contributed by atoms with E-state index in [-0.39, 0.29) is 0 Å². The monoisotopic (exact) mass is 240 g/mol. The molecule has 0 radical (unpaired) electrons. The molecule has 3 nitrogen and oxygen atoms in total. The number of hydrogen-bond acceptors (Lipinski definition) is 3. The Labute approximate surface area is 101 Å². The highest BCUT2D eigenvalue weighted by atomic mass is 35.5. The molecule has 0 bridgehead atoms. The summed E-state index contributed by atoms with van der Waals surface area (Å²) in [6, 6.07) is 3.64. The summed E-state index contributed by atoms with van der Waals surface area (Å²) in [5.41, 5.74) is 0. The van der Waals surface area contributed by atoms with Gasteiger partial charge in [-0.15, -0.1) is 0 Å². The second-order valence-corrected chi connectivity index (χ2v) is 4.50. The molecule has 1 aliphatic heterocycles. The first-order valence-corrected chi connectivity index (χ1v) is 6.16. The van der Waals surface area contributed by atoms with Gasteiger partial charge < -0.3 is 9.64 Å². The first-order chi connectivity index (χ1) is 7.78. The van der Waals surface area contributed by atoms with E-state index in [1.165, 1.54) is 0 Å². The van der Waals surface area contributed by atoms with Crippen molar-refractivity contribution >= 4 is 11.6 Å². The second kappa shape index (κ2) is 5.51. The molecule has 0 spiro atoms. The number of ether oxygens (including phenoxy) is 1. The van der Waals surface area contributed by atoms with Crippen LogP contribution in [0.2, 0.25) is 5.02 Å². The third-order valence-corrected chi connectivity index (χ3v) is 3.19. The smallest absolute Gasteiger partial charge is 0.213 e. The van der Waals surface area contributed by atoms with Gasteiger partial charge in [-0.2, -0.15) is 0 Å². The fraction of sp³-hybridized carbons (Fsp3) is 0.583. The Bertz CT molecular complexity index is 320. The predicted molar refractivity (Wildman–Crippen MR) is 65.0 cm³/mol. The third-order valence-electron chi connectivity index (χ3n) is 2.97. The highest BCUT2D eigenvalue weighted by Crippen LogP contribution is 2.18. The van der Waals surface area contributed by atoms with Crippen LogP contribution in [0.1, 0.15) is 19.8 Å². The molecule has 0 saturated carbocycles. The number of hydrogen-bond donors (Lipinski definition) is 0. The van der Waals surface area contributed by atoms with Gasteiger partial charge in [-0.05, 0) is 25.5 Å². The molecule has 0 atom stereocenters. The first kappa shape index (κ1) is 11.7. The molecule has 0 aliphatic carbocycles. The number of rotatable bonds is 3. The van der Waals surface area contributed by atoms with Crippen molar-refractivity contribution in [3.05, 3.63) is 23.4 Å². The molecule has 0 N–H and O–H groups in total. The zero-order chi connectivity index (χ0) is 11.4. The van der Waals surface area contributed by atoms with E-state index in [4.69, 9.17) is 16.3 Å². The molecular formula is C12H17ClN2O. The summed E-state index contributed by atoms with van der Waals surface area (Å²) in [6.07, 6.45) is 4.09. The average molecular weight is 241 g/mol. The van der Waals surface area contributed by atoms with Crippen LogP contribution in [0, 0.1) is 0 Å². The van der Waals surface area contributed by atoms with Gasteiger partial charge in [-0.25, -0.2) is 4.98 Å². The summed E-state index contributed by atoms with van der Waals surface area (Å²) >= 11 is 5.77. The number of likely N-dealkylation sites (tertiary alicyclic amines) is 1. The standard InChI is InChI=1S/C12H17ClN2O/c1-2-15-7-5-11(6-8-15)16-12-4-3-10(13)9-14-12/h3-4,9,11H,2,5-8H2,1H3. The normalized spacial score (nSPS) is 18.6. The van der Waals surface area contributed by atoms with Crippen molar-refractivity contribution in [3.63, 3.8) is 0 Å². The van der Waals surface area contributed by atoms with E-state index in [9.17, 15) is 0 Å². The zero-order valence-corrected chi connectivity index (χ0v) is 10.3. The minimum absolute atomic E-state index is 0.302. The zero-order valence-electron chi connectivity index (χ0n) is 9.53. The van der Waals surface area contributed by atoms with Gasteiger partial charge in [0.05, 0.1) is 5.02 Å². The predicted octanol–water partition coefficient (Wildman–Crippen LogP) is 2.60. The topological polar surface area (TPSA) is 25.4 Å². The van der Waals surface area contributed by atoms with E-state index < -0.39 is 0 Å². The van der Waals surface area contributed by atoms with Gasteiger partial charge in [0.25, 0.3) is 0 Å². The Morgan fingerprint density at radius 3 is 2.75 bits per heavy atom. The van der Waals surface area contributed by atoms with Crippen LogP contribution in [-0.4, -0.2) is 35.6 Å². The third kappa shape index (κ3) is 3.09. The van der Waals surface area contributed by atoms with E-state index in [2.05, 4.69) is 16.8 Å². The van der Waals surface area contributed by atoms with Crippen molar-refractivity contribution in [2.75, 3.05) is 19.6 Å². The number of piperidine rings is 1. The molecule has 2 heterocycles. The molecule has 88 valence electrons. The highest BCUT2D eigenvalue weighted by molar-refractivity contribution is 6.30. The van der Waals surface area contributed by atoms with Crippen LogP contribution in [0.15, 0.2) is 18.3 Å².